The van der Waals surface area contributed by atoms with Crippen molar-refractivity contribution in [3.8, 4) is 11.1 Å². The molecular weight excluding hydrogens is 474 g/mol. The zero-order valence-electron chi connectivity index (χ0n) is 18.5. The topological polar surface area (TPSA) is 45.2 Å². The average molecular weight is 502 g/mol. The van der Waals surface area contributed by atoms with Crippen molar-refractivity contribution in [3.05, 3.63) is 94.7 Å². The summed E-state index contributed by atoms with van der Waals surface area (Å²) in [4.78, 5) is 19.8. The minimum Gasteiger partial charge on any atom is -0.348 e. The van der Waals surface area contributed by atoms with Gasteiger partial charge in [-0.05, 0) is 84.8 Å². The quantitative estimate of drug-likeness (QED) is 0.463. The monoisotopic (exact) mass is 501 g/mol. The number of rotatable bonds is 6. The van der Waals surface area contributed by atoms with Crippen LogP contribution in [0.5, 0.6) is 0 Å². The van der Waals surface area contributed by atoms with E-state index < -0.39 is 0 Å². The molecule has 4 heterocycles. The van der Waals surface area contributed by atoms with Crippen molar-refractivity contribution in [2.45, 2.75) is 31.3 Å². The first-order valence-corrected chi connectivity index (χ1v) is 12.4. The molecule has 6 rings (SSSR count). The van der Waals surface area contributed by atoms with Crippen LogP contribution in [0.15, 0.2) is 83.6 Å². The first kappa shape index (κ1) is 22.1. The second kappa shape index (κ2) is 10.0. The van der Waals surface area contributed by atoms with Gasteiger partial charge in [0.15, 0.2) is 0 Å². The summed E-state index contributed by atoms with van der Waals surface area (Å²) in [6, 6.07) is 21.1. The summed E-state index contributed by atoms with van der Waals surface area (Å²) < 4.78 is 1.05. The van der Waals surface area contributed by atoms with Gasteiger partial charge in [-0.1, -0.05) is 58.4 Å². The van der Waals surface area contributed by atoms with Crippen LogP contribution in [0.1, 0.15) is 24.0 Å². The fourth-order valence-corrected chi connectivity index (χ4v) is 5.56. The molecule has 1 amide bonds. The Kier molecular flexibility index (Phi) is 6.70. The van der Waals surface area contributed by atoms with Crippen molar-refractivity contribution in [1.82, 2.24) is 15.2 Å². The van der Waals surface area contributed by atoms with Crippen LogP contribution >= 0.6 is 15.9 Å². The van der Waals surface area contributed by atoms with Gasteiger partial charge in [0.05, 0.1) is 0 Å². The number of aromatic nitrogens is 1. The molecule has 2 aromatic carbocycles. The van der Waals surface area contributed by atoms with Crippen LogP contribution in [0.3, 0.4) is 0 Å². The van der Waals surface area contributed by atoms with Gasteiger partial charge in [0.2, 0.25) is 5.91 Å². The Labute approximate surface area is 203 Å². The summed E-state index contributed by atoms with van der Waals surface area (Å²) in [6.07, 6.45) is 10.6. The maximum atomic E-state index is 13.0. The molecule has 3 aromatic rings. The number of amides is 1. The zero-order valence-corrected chi connectivity index (χ0v) is 20.1. The Morgan fingerprint density at radius 3 is 2.61 bits per heavy atom. The van der Waals surface area contributed by atoms with Gasteiger partial charge in [-0.25, -0.2) is 0 Å². The molecular formula is C28H28BrN3O. The van der Waals surface area contributed by atoms with E-state index >= 15 is 0 Å². The van der Waals surface area contributed by atoms with Gasteiger partial charge in [-0.15, -0.1) is 0 Å². The SMILES string of the molecule is O=C(C=Cc1ccccc1-c1ccc(Br)cc1)NC1C2CCN(CC2)C1Cc1cccnc1. The molecule has 1 N–H and O–H groups in total. The van der Waals surface area contributed by atoms with Crippen molar-refractivity contribution in [2.24, 2.45) is 5.92 Å². The van der Waals surface area contributed by atoms with Crippen LogP contribution in [0.4, 0.5) is 0 Å². The predicted octanol–water partition coefficient (Wildman–Crippen LogP) is 5.35. The number of hydrogen-bond acceptors (Lipinski definition) is 3. The molecule has 2 atom stereocenters. The Balaban J connectivity index is 1.32. The van der Waals surface area contributed by atoms with E-state index in [1.165, 1.54) is 5.56 Å². The summed E-state index contributed by atoms with van der Waals surface area (Å²) in [5, 5.41) is 3.36. The van der Waals surface area contributed by atoms with E-state index in [1.54, 1.807) is 6.08 Å². The van der Waals surface area contributed by atoms with Gasteiger partial charge in [-0.2, -0.15) is 0 Å². The highest BCUT2D eigenvalue weighted by Crippen LogP contribution is 2.34. The second-order valence-electron chi connectivity index (χ2n) is 8.97. The summed E-state index contributed by atoms with van der Waals surface area (Å²) in [5.74, 6) is 0.527. The third-order valence-corrected chi connectivity index (χ3v) is 7.50. The number of nitrogens with one attached hydrogen (secondary N) is 1. The largest absolute Gasteiger partial charge is 0.348 e. The van der Waals surface area contributed by atoms with Crippen molar-refractivity contribution >= 4 is 27.9 Å². The summed E-state index contributed by atoms with van der Waals surface area (Å²) in [7, 11) is 0. The van der Waals surface area contributed by atoms with Gasteiger partial charge in [0.1, 0.15) is 0 Å². The molecule has 33 heavy (non-hydrogen) atoms. The van der Waals surface area contributed by atoms with Crippen molar-refractivity contribution in [2.75, 3.05) is 13.1 Å². The Bertz CT molecular complexity index is 1120. The van der Waals surface area contributed by atoms with Crippen molar-refractivity contribution < 1.29 is 4.79 Å². The van der Waals surface area contributed by atoms with Gasteiger partial charge >= 0.3 is 0 Å². The number of hydrogen-bond donors (Lipinski definition) is 1. The van der Waals surface area contributed by atoms with Crippen molar-refractivity contribution in [3.63, 3.8) is 0 Å². The van der Waals surface area contributed by atoms with E-state index in [2.05, 4.69) is 61.5 Å². The Morgan fingerprint density at radius 2 is 1.85 bits per heavy atom. The van der Waals surface area contributed by atoms with E-state index in [-0.39, 0.29) is 11.9 Å². The van der Waals surface area contributed by atoms with E-state index in [1.807, 2.05) is 48.8 Å². The normalized spacial score (nSPS) is 24.2. The maximum absolute atomic E-state index is 13.0. The summed E-state index contributed by atoms with van der Waals surface area (Å²) in [6.45, 7) is 2.25. The number of benzene rings is 2. The van der Waals surface area contributed by atoms with E-state index in [4.69, 9.17) is 0 Å². The molecule has 1 aromatic heterocycles. The van der Waals surface area contributed by atoms with Gasteiger partial charge in [0.25, 0.3) is 0 Å². The second-order valence-corrected chi connectivity index (χ2v) is 9.88. The van der Waals surface area contributed by atoms with Gasteiger partial charge in [-0.3, -0.25) is 14.7 Å². The number of pyridine rings is 1. The number of halogens is 1. The third kappa shape index (κ3) is 5.10. The lowest BCUT2D eigenvalue weighted by Crippen LogP contribution is -2.64. The lowest BCUT2D eigenvalue weighted by molar-refractivity contribution is -0.119. The number of nitrogens with zero attached hydrogens (tertiary/aromatic N) is 2. The molecule has 3 saturated heterocycles. The highest BCUT2D eigenvalue weighted by Gasteiger charge is 2.42. The molecule has 0 saturated carbocycles. The van der Waals surface area contributed by atoms with Crippen LogP contribution in [0.2, 0.25) is 0 Å². The minimum atomic E-state index is -0.0180. The smallest absolute Gasteiger partial charge is 0.244 e. The first-order chi connectivity index (χ1) is 16.2. The van der Waals surface area contributed by atoms with E-state index in [9.17, 15) is 4.79 Å². The Hall–Kier alpha value is -2.76. The molecule has 2 unspecified atom stereocenters. The predicted molar refractivity (Wildman–Crippen MR) is 137 cm³/mol. The highest BCUT2D eigenvalue weighted by molar-refractivity contribution is 9.10. The highest BCUT2D eigenvalue weighted by atomic mass is 79.9. The number of carbonyl (C=O) groups is 1. The van der Waals surface area contributed by atoms with E-state index in [0.29, 0.717) is 12.0 Å². The molecule has 0 radical (unpaired) electrons. The fraction of sp³-hybridized carbons (Fsp3) is 0.286. The zero-order chi connectivity index (χ0) is 22.6. The summed E-state index contributed by atoms with van der Waals surface area (Å²) in [5.41, 5.74) is 4.52. The van der Waals surface area contributed by atoms with Crippen molar-refractivity contribution in [1.29, 1.82) is 0 Å². The van der Waals surface area contributed by atoms with Crippen LogP contribution in [-0.2, 0) is 11.2 Å². The maximum Gasteiger partial charge on any atom is 0.244 e. The fourth-order valence-electron chi connectivity index (χ4n) is 5.29. The van der Waals surface area contributed by atoms with Crippen LogP contribution < -0.4 is 5.32 Å². The molecule has 4 nitrogen and oxygen atoms in total. The molecule has 3 fully saturated rings. The molecule has 3 aliphatic heterocycles. The molecule has 2 bridgehead atoms. The molecule has 0 aliphatic carbocycles. The number of piperidine rings is 3. The molecule has 3 aliphatic rings. The van der Waals surface area contributed by atoms with Crippen LogP contribution in [0.25, 0.3) is 17.2 Å². The van der Waals surface area contributed by atoms with Crippen LogP contribution in [-0.4, -0.2) is 41.0 Å². The molecule has 0 spiro atoms. The lowest BCUT2D eigenvalue weighted by atomic mass is 9.77. The standard InChI is InChI=1S/C28H28BrN3O/c29-24-10-7-22(8-11-24)25-6-2-1-5-21(25)9-12-27(33)31-28-23-13-16-32(17-14-23)26(28)18-20-4-3-15-30-19-20/h1-12,15,19,23,26,28H,13-14,16-18H2,(H,31,33). The summed E-state index contributed by atoms with van der Waals surface area (Å²) >= 11 is 3.50. The minimum absolute atomic E-state index is 0.0180. The third-order valence-electron chi connectivity index (χ3n) is 6.97. The van der Waals surface area contributed by atoms with Gasteiger partial charge < -0.3 is 5.32 Å². The average Bonchev–Trinajstić information content (AvgIpc) is 2.86. The van der Waals surface area contributed by atoms with Crippen LogP contribution in [0, 0.1) is 5.92 Å². The molecule has 5 heteroatoms. The number of fused-ring (bicyclic) bond motifs is 3. The Morgan fingerprint density at radius 1 is 1.06 bits per heavy atom. The first-order valence-electron chi connectivity index (χ1n) is 11.6. The lowest BCUT2D eigenvalue weighted by Gasteiger charge is -2.51. The molecule has 168 valence electrons. The van der Waals surface area contributed by atoms with Gasteiger partial charge in [0, 0.05) is 35.0 Å². The van der Waals surface area contributed by atoms with E-state index in [0.717, 1.165) is 53.5 Å². The number of carbonyl (C=O) groups excluding carboxylic acids is 1.